The predicted octanol–water partition coefficient (Wildman–Crippen LogP) is 3.91. The monoisotopic (exact) mass is 356 g/mol. The van der Waals surface area contributed by atoms with Gasteiger partial charge in [0, 0.05) is 11.3 Å². The van der Waals surface area contributed by atoms with Crippen molar-refractivity contribution in [3.05, 3.63) is 40.8 Å². The maximum Gasteiger partial charge on any atom is 0.305 e. The first-order chi connectivity index (χ1) is 11.6. The number of carbonyl (C=O) groups excluding carboxylic acids is 1. The van der Waals surface area contributed by atoms with Crippen LogP contribution in [0.2, 0.25) is 0 Å². The fraction of sp³-hybridized carbons (Fsp3) is 0.353. The third-order valence-corrected chi connectivity index (χ3v) is 4.26. The minimum Gasteiger partial charge on any atom is -0.488 e. The van der Waals surface area contributed by atoms with Gasteiger partial charge in [0.2, 0.25) is 0 Å². The number of benzene rings is 1. The van der Waals surface area contributed by atoms with Crippen LogP contribution in [0.3, 0.4) is 0 Å². The molecule has 4 nitrogen and oxygen atoms in total. The van der Waals surface area contributed by atoms with Crippen LogP contribution >= 0.6 is 11.3 Å². The molecule has 24 heavy (non-hydrogen) atoms. The van der Waals surface area contributed by atoms with Gasteiger partial charge >= 0.3 is 5.97 Å². The Balaban J connectivity index is 2.04. The lowest BCUT2D eigenvalue weighted by molar-refractivity contribution is -0.143. The molecule has 2 rings (SSSR count). The quantitative estimate of drug-likeness (QED) is 0.576. The van der Waals surface area contributed by atoms with Gasteiger partial charge < -0.3 is 14.6 Å². The average molecular weight is 356 g/mol. The van der Waals surface area contributed by atoms with Crippen LogP contribution in [0.25, 0.3) is 10.4 Å². The Labute approximate surface area is 142 Å². The van der Waals surface area contributed by atoms with E-state index in [2.05, 4.69) is 0 Å². The smallest absolute Gasteiger partial charge is 0.305 e. The van der Waals surface area contributed by atoms with E-state index in [1.807, 2.05) is 0 Å². The van der Waals surface area contributed by atoms with Crippen molar-refractivity contribution in [3.63, 3.8) is 0 Å². The summed E-state index contributed by atoms with van der Waals surface area (Å²) < 4.78 is 38.1. The van der Waals surface area contributed by atoms with Gasteiger partial charge in [-0.1, -0.05) is 0 Å². The first-order valence-corrected chi connectivity index (χ1v) is 8.39. The van der Waals surface area contributed by atoms with Gasteiger partial charge in [-0.15, -0.1) is 11.3 Å². The summed E-state index contributed by atoms with van der Waals surface area (Å²) in [5.74, 6) is -2.48. The van der Waals surface area contributed by atoms with Crippen LogP contribution in [0.15, 0.2) is 23.6 Å². The topological polar surface area (TPSA) is 55.8 Å². The van der Waals surface area contributed by atoms with Crippen LogP contribution in [0.1, 0.15) is 25.3 Å². The van der Waals surface area contributed by atoms with Crippen molar-refractivity contribution >= 4 is 17.3 Å². The highest BCUT2D eigenvalue weighted by Gasteiger charge is 2.16. The van der Waals surface area contributed by atoms with E-state index >= 15 is 0 Å². The summed E-state index contributed by atoms with van der Waals surface area (Å²) in [5, 5.41) is 11.0. The second-order valence-corrected chi connectivity index (χ2v) is 5.88. The molecule has 0 unspecified atom stereocenters. The van der Waals surface area contributed by atoms with Crippen molar-refractivity contribution in [3.8, 4) is 16.2 Å². The van der Waals surface area contributed by atoms with E-state index in [9.17, 15) is 18.7 Å². The summed E-state index contributed by atoms with van der Waals surface area (Å²) in [6, 6.07) is 4.05. The molecule has 7 heteroatoms. The van der Waals surface area contributed by atoms with Crippen molar-refractivity contribution in [2.45, 2.75) is 26.4 Å². The fourth-order valence-corrected chi connectivity index (χ4v) is 3.07. The largest absolute Gasteiger partial charge is 0.488 e. The minimum absolute atomic E-state index is 0.00684. The SMILES string of the molecule is CCOC(=O)CCCOc1c(F)cc(-c2sccc2CO)cc1F. The molecule has 0 fully saturated rings. The van der Waals surface area contributed by atoms with Crippen LogP contribution in [0.4, 0.5) is 8.78 Å². The highest BCUT2D eigenvalue weighted by atomic mass is 32.1. The molecule has 0 aliphatic carbocycles. The lowest BCUT2D eigenvalue weighted by Crippen LogP contribution is -2.08. The van der Waals surface area contributed by atoms with Crippen molar-refractivity contribution in [1.82, 2.24) is 0 Å². The molecule has 0 spiro atoms. The summed E-state index contributed by atoms with van der Waals surface area (Å²) in [7, 11) is 0. The van der Waals surface area contributed by atoms with Crippen LogP contribution in [0, 0.1) is 11.6 Å². The number of ether oxygens (including phenoxy) is 2. The van der Waals surface area contributed by atoms with Gasteiger partial charge in [-0.3, -0.25) is 4.79 Å². The standard InChI is InChI=1S/C17H18F2O4S/c1-2-22-15(21)4-3-6-23-16-13(18)8-12(9-14(16)19)17-11(10-20)5-7-24-17/h5,7-9,20H,2-4,6,10H2,1H3. The molecule has 0 amide bonds. The number of thiophene rings is 1. The first-order valence-electron chi connectivity index (χ1n) is 7.51. The molecule has 2 aromatic rings. The van der Waals surface area contributed by atoms with Crippen LogP contribution in [0.5, 0.6) is 5.75 Å². The van der Waals surface area contributed by atoms with Crippen molar-refractivity contribution < 1.29 is 28.2 Å². The Morgan fingerprint density at radius 1 is 1.29 bits per heavy atom. The molecule has 0 bridgehead atoms. The second-order valence-electron chi connectivity index (χ2n) is 4.96. The molecule has 0 saturated carbocycles. The molecule has 1 heterocycles. The molecule has 1 aromatic heterocycles. The van der Waals surface area contributed by atoms with Gasteiger partial charge in [-0.25, -0.2) is 8.78 Å². The van der Waals surface area contributed by atoms with E-state index in [1.165, 1.54) is 23.5 Å². The number of rotatable bonds is 8. The summed E-state index contributed by atoms with van der Waals surface area (Å²) in [6.45, 7) is 1.81. The predicted molar refractivity (Wildman–Crippen MR) is 87.0 cm³/mol. The van der Waals surface area contributed by atoms with Gasteiger partial charge in [0.1, 0.15) is 0 Å². The number of halogens is 2. The van der Waals surface area contributed by atoms with E-state index < -0.39 is 17.4 Å². The first kappa shape index (κ1) is 18.4. The molecule has 0 radical (unpaired) electrons. The lowest BCUT2D eigenvalue weighted by Gasteiger charge is -2.10. The van der Waals surface area contributed by atoms with E-state index in [4.69, 9.17) is 9.47 Å². The maximum absolute atomic E-state index is 14.1. The highest BCUT2D eigenvalue weighted by molar-refractivity contribution is 7.13. The average Bonchev–Trinajstić information content (AvgIpc) is 3.02. The third kappa shape index (κ3) is 4.52. The number of aliphatic hydroxyl groups excluding tert-OH is 1. The van der Waals surface area contributed by atoms with Crippen molar-refractivity contribution in [2.24, 2.45) is 0 Å². The Morgan fingerprint density at radius 2 is 2.00 bits per heavy atom. The highest BCUT2D eigenvalue weighted by Crippen LogP contribution is 2.34. The Kier molecular flexibility index (Phi) is 6.69. The molecule has 0 atom stereocenters. The Bertz CT molecular complexity index is 677. The van der Waals surface area contributed by atoms with Gasteiger partial charge in [-0.05, 0) is 48.1 Å². The van der Waals surface area contributed by atoms with Crippen LogP contribution in [-0.4, -0.2) is 24.3 Å². The van der Waals surface area contributed by atoms with Crippen LogP contribution < -0.4 is 4.74 Å². The van der Waals surface area contributed by atoms with Crippen molar-refractivity contribution in [2.75, 3.05) is 13.2 Å². The molecule has 1 aromatic carbocycles. The third-order valence-electron chi connectivity index (χ3n) is 3.25. The van der Waals surface area contributed by atoms with Gasteiger partial charge in [0.05, 0.1) is 19.8 Å². The zero-order valence-electron chi connectivity index (χ0n) is 13.2. The van der Waals surface area contributed by atoms with Gasteiger partial charge in [0.15, 0.2) is 17.4 Å². The number of esters is 1. The zero-order valence-corrected chi connectivity index (χ0v) is 14.0. The maximum atomic E-state index is 14.1. The summed E-state index contributed by atoms with van der Waals surface area (Å²) >= 11 is 1.29. The Hall–Kier alpha value is -1.99. The minimum atomic E-state index is -0.821. The molecular weight excluding hydrogens is 338 g/mol. The molecule has 130 valence electrons. The molecule has 1 N–H and O–H groups in total. The summed E-state index contributed by atoms with van der Waals surface area (Å²) in [6.07, 6.45) is 0.434. The molecular formula is C17H18F2O4S. The fourth-order valence-electron chi connectivity index (χ4n) is 2.17. The number of hydrogen-bond acceptors (Lipinski definition) is 5. The van der Waals surface area contributed by atoms with Gasteiger partial charge in [-0.2, -0.15) is 0 Å². The van der Waals surface area contributed by atoms with E-state index in [0.717, 1.165) is 0 Å². The zero-order chi connectivity index (χ0) is 17.5. The Morgan fingerprint density at radius 3 is 2.62 bits per heavy atom. The number of carbonyl (C=O) groups is 1. The molecule has 0 saturated heterocycles. The number of aliphatic hydroxyl groups is 1. The summed E-state index contributed by atoms with van der Waals surface area (Å²) in [5.41, 5.74) is 0.963. The number of hydrogen-bond donors (Lipinski definition) is 1. The van der Waals surface area contributed by atoms with E-state index in [0.29, 0.717) is 29.0 Å². The molecule has 0 aliphatic rings. The van der Waals surface area contributed by atoms with E-state index in [-0.39, 0.29) is 25.6 Å². The van der Waals surface area contributed by atoms with Crippen molar-refractivity contribution in [1.29, 1.82) is 0 Å². The van der Waals surface area contributed by atoms with E-state index in [1.54, 1.807) is 18.4 Å². The van der Waals surface area contributed by atoms with Crippen LogP contribution in [-0.2, 0) is 16.1 Å². The normalized spacial score (nSPS) is 10.7. The summed E-state index contributed by atoms with van der Waals surface area (Å²) in [4.78, 5) is 11.8. The second kappa shape index (κ2) is 8.75. The van der Waals surface area contributed by atoms with Gasteiger partial charge in [0.25, 0.3) is 0 Å². The lowest BCUT2D eigenvalue weighted by atomic mass is 10.1. The molecule has 0 aliphatic heterocycles.